The minimum Gasteiger partial charge on any atom is -0.488 e. The van der Waals surface area contributed by atoms with E-state index in [1.54, 1.807) is 6.08 Å². The number of urea groups is 1. The molecule has 1 heterocycles. The molecule has 1 N–H and O–H groups in total. The van der Waals surface area contributed by atoms with Crippen LogP contribution in [-0.2, 0) is 17.9 Å². The van der Waals surface area contributed by atoms with Crippen molar-refractivity contribution in [2.24, 2.45) is 0 Å². The number of aryl methyl sites for hydroxylation is 1. The average molecular weight is 527 g/mol. The lowest BCUT2D eigenvalue weighted by Crippen LogP contribution is -2.30. The van der Waals surface area contributed by atoms with Crippen LogP contribution < -0.4 is 10.1 Å². The Morgan fingerprint density at radius 1 is 0.943 bits per heavy atom. The molecule has 0 aromatic heterocycles. The summed E-state index contributed by atoms with van der Waals surface area (Å²) in [6.45, 7) is 2.58. The van der Waals surface area contributed by atoms with Crippen LogP contribution in [-0.4, -0.2) is 16.8 Å². The molecule has 174 valence electrons. The topological polar surface area (TPSA) is 58.6 Å². The van der Waals surface area contributed by atoms with Crippen molar-refractivity contribution in [3.05, 3.63) is 117 Å². The average Bonchev–Trinajstić information content (AvgIpc) is 3.12. The Kier molecular flexibility index (Phi) is 6.38. The Morgan fingerprint density at radius 3 is 2.54 bits per heavy atom. The number of benzene rings is 4. The van der Waals surface area contributed by atoms with Crippen LogP contribution in [0.4, 0.5) is 4.79 Å². The first-order valence-electron chi connectivity index (χ1n) is 11.3. The number of fused-ring (bicyclic) bond motifs is 1. The number of imide groups is 1. The van der Waals surface area contributed by atoms with Gasteiger partial charge in [0.05, 0.1) is 6.54 Å². The molecule has 1 saturated heterocycles. The van der Waals surface area contributed by atoms with Gasteiger partial charge in [-0.1, -0.05) is 88.2 Å². The van der Waals surface area contributed by atoms with Crippen LogP contribution in [0.15, 0.2) is 95.1 Å². The number of nitrogens with one attached hydrogen (secondary N) is 1. The van der Waals surface area contributed by atoms with E-state index >= 15 is 0 Å². The molecule has 3 amide bonds. The van der Waals surface area contributed by atoms with E-state index in [0.717, 1.165) is 31.9 Å². The number of carbonyl (C=O) groups excluding carboxylic acids is 2. The second kappa shape index (κ2) is 9.76. The SMILES string of the molecule is Cc1ccc(CN2C(=O)N/C(=C/c3cc(Br)ccc3OCc3cccc4ccccc34)C2=O)cc1. The number of ether oxygens (including phenoxy) is 1. The number of halogens is 1. The molecule has 5 nitrogen and oxygen atoms in total. The molecule has 0 aliphatic carbocycles. The van der Waals surface area contributed by atoms with Crippen molar-refractivity contribution in [3.8, 4) is 5.75 Å². The maximum Gasteiger partial charge on any atom is 0.329 e. The molecule has 35 heavy (non-hydrogen) atoms. The molecule has 1 aliphatic heterocycles. The van der Waals surface area contributed by atoms with Crippen LogP contribution in [0.25, 0.3) is 16.8 Å². The highest BCUT2D eigenvalue weighted by Crippen LogP contribution is 2.29. The number of nitrogens with zero attached hydrogens (tertiary/aromatic N) is 1. The summed E-state index contributed by atoms with van der Waals surface area (Å²) in [4.78, 5) is 26.8. The fraction of sp³-hybridized carbons (Fsp3) is 0.103. The van der Waals surface area contributed by atoms with E-state index in [9.17, 15) is 9.59 Å². The Labute approximate surface area is 212 Å². The van der Waals surface area contributed by atoms with E-state index in [1.807, 2.05) is 73.7 Å². The third kappa shape index (κ3) is 4.98. The van der Waals surface area contributed by atoms with Crippen molar-refractivity contribution in [1.29, 1.82) is 0 Å². The number of carbonyl (C=O) groups is 2. The molecular formula is C29H23BrN2O3. The lowest BCUT2D eigenvalue weighted by Gasteiger charge is -2.13. The van der Waals surface area contributed by atoms with Gasteiger partial charge in [-0.3, -0.25) is 9.69 Å². The third-order valence-corrected chi connectivity index (χ3v) is 6.45. The predicted molar refractivity (Wildman–Crippen MR) is 141 cm³/mol. The minimum absolute atomic E-state index is 0.214. The monoisotopic (exact) mass is 526 g/mol. The summed E-state index contributed by atoms with van der Waals surface area (Å²) in [5, 5.41) is 4.99. The quantitative estimate of drug-likeness (QED) is 0.228. The highest BCUT2D eigenvalue weighted by molar-refractivity contribution is 9.10. The third-order valence-electron chi connectivity index (χ3n) is 5.96. The highest BCUT2D eigenvalue weighted by atomic mass is 79.9. The molecule has 0 bridgehead atoms. The lowest BCUT2D eigenvalue weighted by molar-refractivity contribution is -0.123. The summed E-state index contributed by atoms with van der Waals surface area (Å²) in [5.41, 5.74) is 3.99. The Hall–Kier alpha value is -3.90. The molecule has 0 saturated carbocycles. The largest absolute Gasteiger partial charge is 0.488 e. The molecule has 5 rings (SSSR count). The second-order valence-corrected chi connectivity index (χ2v) is 9.39. The molecular weight excluding hydrogens is 504 g/mol. The van der Waals surface area contributed by atoms with Gasteiger partial charge >= 0.3 is 6.03 Å². The van der Waals surface area contributed by atoms with Gasteiger partial charge in [0.2, 0.25) is 0 Å². The Balaban J connectivity index is 1.38. The first kappa shape index (κ1) is 22.9. The van der Waals surface area contributed by atoms with Crippen LogP contribution >= 0.6 is 15.9 Å². The number of hydrogen-bond acceptors (Lipinski definition) is 3. The van der Waals surface area contributed by atoms with Crippen LogP contribution in [0, 0.1) is 6.92 Å². The van der Waals surface area contributed by atoms with Crippen LogP contribution in [0.3, 0.4) is 0 Å². The molecule has 1 fully saturated rings. The van der Waals surface area contributed by atoms with Gasteiger partial charge in [-0.25, -0.2) is 4.79 Å². The van der Waals surface area contributed by atoms with Gasteiger partial charge in [-0.15, -0.1) is 0 Å². The van der Waals surface area contributed by atoms with Crippen molar-refractivity contribution >= 4 is 44.7 Å². The molecule has 6 heteroatoms. The molecule has 0 radical (unpaired) electrons. The van der Waals surface area contributed by atoms with Crippen LogP contribution in [0.2, 0.25) is 0 Å². The Bertz CT molecular complexity index is 1460. The maximum atomic E-state index is 13.0. The lowest BCUT2D eigenvalue weighted by atomic mass is 10.1. The van der Waals surface area contributed by atoms with Gasteiger partial charge in [0, 0.05) is 10.0 Å². The van der Waals surface area contributed by atoms with Gasteiger partial charge in [-0.2, -0.15) is 0 Å². The standard InChI is InChI=1S/C29H23BrN2O3/c1-19-9-11-20(12-10-19)17-32-28(33)26(31-29(32)34)16-23-15-24(30)13-14-27(23)35-18-22-7-4-6-21-5-2-3-8-25(21)22/h2-16H,17-18H2,1H3,(H,31,34)/b26-16+. The maximum absolute atomic E-state index is 13.0. The summed E-state index contributed by atoms with van der Waals surface area (Å²) in [5.74, 6) is 0.253. The number of amides is 3. The first-order chi connectivity index (χ1) is 17.0. The van der Waals surface area contributed by atoms with Crippen molar-refractivity contribution in [3.63, 3.8) is 0 Å². The van der Waals surface area contributed by atoms with Crippen molar-refractivity contribution < 1.29 is 14.3 Å². The zero-order valence-corrected chi connectivity index (χ0v) is 20.7. The number of hydrogen-bond donors (Lipinski definition) is 1. The summed E-state index contributed by atoms with van der Waals surface area (Å²) < 4.78 is 7.03. The Morgan fingerprint density at radius 2 is 1.71 bits per heavy atom. The van der Waals surface area contributed by atoms with E-state index in [-0.39, 0.29) is 18.1 Å². The van der Waals surface area contributed by atoms with E-state index in [1.165, 1.54) is 4.90 Å². The van der Waals surface area contributed by atoms with E-state index in [4.69, 9.17) is 4.74 Å². The van der Waals surface area contributed by atoms with Gasteiger partial charge in [-0.05, 0) is 53.1 Å². The molecule has 0 spiro atoms. The van der Waals surface area contributed by atoms with E-state index in [2.05, 4.69) is 39.4 Å². The summed E-state index contributed by atoms with van der Waals surface area (Å²) in [6.07, 6.45) is 1.67. The molecule has 0 unspecified atom stereocenters. The summed E-state index contributed by atoms with van der Waals surface area (Å²) in [6, 6.07) is 27.3. The first-order valence-corrected chi connectivity index (χ1v) is 12.1. The second-order valence-electron chi connectivity index (χ2n) is 8.47. The number of rotatable bonds is 6. The summed E-state index contributed by atoms with van der Waals surface area (Å²) in [7, 11) is 0. The fourth-order valence-electron chi connectivity index (χ4n) is 4.08. The van der Waals surface area contributed by atoms with Gasteiger partial charge in [0.15, 0.2) is 0 Å². The fourth-order valence-corrected chi connectivity index (χ4v) is 4.46. The smallest absolute Gasteiger partial charge is 0.329 e. The zero-order chi connectivity index (χ0) is 24.4. The highest BCUT2D eigenvalue weighted by Gasteiger charge is 2.33. The van der Waals surface area contributed by atoms with Crippen LogP contribution in [0.1, 0.15) is 22.3 Å². The van der Waals surface area contributed by atoms with E-state index in [0.29, 0.717) is 17.9 Å². The van der Waals surface area contributed by atoms with Gasteiger partial charge < -0.3 is 10.1 Å². The molecule has 0 atom stereocenters. The van der Waals surface area contributed by atoms with Crippen LogP contribution in [0.5, 0.6) is 5.75 Å². The van der Waals surface area contributed by atoms with Gasteiger partial charge in [0.1, 0.15) is 18.1 Å². The van der Waals surface area contributed by atoms with E-state index < -0.39 is 6.03 Å². The van der Waals surface area contributed by atoms with Gasteiger partial charge in [0.25, 0.3) is 5.91 Å². The zero-order valence-electron chi connectivity index (χ0n) is 19.1. The normalized spacial score (nSPS) is 14.6. The molecule has 1 aliphatic rings. The molecule has 4 aromatic rings. The summed E-state index contributed by atoms with van der Waals surface area (Å²) >= 11 is 3.50. The minimum atomic E-state index is -0.435. The van der Waals surface area contributed by atoms with Crippen molar-refractivity contribution in [2.75, 3.05) is 0 Å². The van der Waals surface area contributed by atoms with Crippen molar-refractivity contribution in [2.45, 2.75) is 20.1 Å². The predicted octanol–water partition coefficient (Wildman–Crippen LogP) is 6.58. The molecule has 4 aromatic carbocycles. The van der Waals surface area contributed by atoms with Crippen molar-refractivity contribution in [1.82, 2.24) is 10.2 Å².